The van der Waals surface area contributed by atoms with Crippen LogP contribution in [0.1, 0.15) is 106 Å². The van der Waals surface area contributed by atoms with Gasteiger partial charge in [-0.2, -0.15) is 0 Å². The van der Waals surface area contributed by atoms with Gasteiger partial charge in [-0.05, 0) is 58.9 Å². The number of hydrogen-bond acceptors (Lipinski definition) is 7. The highest BCUT2D eigenvalue weighted by molar-refractivity contribution is 7.18. The molecule has 1 unspecified atom stereocenters. The molecule has 0 bridgehead atoms. The van der Waals surface area contributed by atoms with Crippen LogP contribution in [0.2, 0.25) is 0 Å². The van der Waals surface area contributed by atoms with E-state index in [1.54, 1.807) is 27.7 Å². The number of amides is 1. The normalized spacial score (nSPS) is 12.4. The minimum absolute atomic E-state index is 0.147. The summed E-state index contributed by atoms with van der Waals surface area (Å²) >= 11 is 0.998. The molecule has 0 fully saturated rings. The number of hydrogen-bond donors (Lipinski definition) is 1. The van der Waals surface area contributed by atoms with Crippen LogP contribution in [0.4, 0.5) is 9.80 Å². The van der Waals surface area contributed by atoms with Crippen molar-refractivity contribution in [3.8, 4) is 0 Å². The summed E-state index contributed by atoms with van der Waals surface area (Å²) in [5.41, 5.74) is -0.158. The predicted octanol–water partition coefficient (Wildman–Crippen LogP) is 6.73. The maximum Gasteiger partial charge on any atom is 0.412 e. The Hall–Kier alpha value is -2.09. The molecule has 32 heavy (non-hydrogen) atoms. The zero-order valence-corrected chi connectivity index (χ0v) is 21.6. The van der Waals surface area contributed by atoms with Crippen molar-refractivity contribution in [3.63, 3.8) is 0 Å². The largest absolute Gasteiger partial charge is 0.458 e. The molecule has 8 heteroatoms. The van der Waals surface area contributed by atoms with Crippen molar-refractivity contribution in [1.29, 1.82) is 0 Å². The lowest BCUT2D eigenvalue weighted by Crippen LogP contribution is -2.25. The van der Waals surface area contributed by atoms with Gasteiger partial charge < -0.3 is 14.2 Å². The molecule has 1 aromatic heterocycles. The van der Waals surface area contributed by atoms with Crippen molar-refractivity contribution in [3.05, 3.63) is 16.0 Å². The summed E-state index contributed by atoms with van der Waals surface area (Å²) in [7, 11) is 0. The smallest absolute Gasteiger partial charge is 0.412 e. The summed E-state index contributed by atoms with van der Waals surface area (Å²) in [6, 6.07) is 0. The highest BCUT2D eigenvalue weighted by Crippen LogP contribution is 2.35. The maximum atomic E-state index is 12.9. The van der Waals surface area contributed by atoms with Gasteiger partial charge in [0.05, 0.1) is 18.3 Å². The van der Waals surface area contributed by atoms with E-state index in [1.165, 1.54) is 0 Å². The Morgan fingerprint density at radius 1 is 1.03 bits per heavy atom. The Morgan fingerprint density at radius 2 is 1.69 bits per heavy atom. The fourth-order valence-corrected chi connectivity index (χ4v) is 3.96. The quantitative estimate of drug-likeness (QED) is 0.219. The number of carbonyl (C=O) groups is 3. The van der Waals surface area contributed by atoms with Crippen LogP contribution < -0.4 is 5.32 Å². The molecule has 1 N–H and O–H groups in total. The van der Waals surface area contributed by atoms with Gasteiger partial charge in [0, 0.05) is 0 Å². The topological polar surface area (TPSA) is 90.9 Å². The number of esters is 2. The minimum Gasteiger partial charge on any atom is -0.458 e. The Kier molecular flexibility index (Phi) is 11.2. The van der Waals surface area contributed by atoms with Gasteiger partial charge in [-0.3, -0.25) is 5.32 Å². The first kappa shape index (κ1) is 27.9. The van der Waals surface area contributed by atoms with Crippen LogP contribution in [0, 0.1) is 12.8 Å². The monoisotopic (exact) mass is 469 g/mol. The van der Waals surface area contributed by atoms with Crippen molar-refractivity contribution in [1.82, 2.24) is 0 Å². The molecule has 0 aliphatic rings. The van der Waals surface area contributed by atoms with Gasteiger partial charge in [0.15, 0.2) is 0 Å². The van der Waals surface area contributed by atoms with Gasteiger partial charge in [0.25, 0.3) is 0 Å². The van der Waals surface area contributed by atoms with Crippen molar-refractivity contribution in [2.45, 2.75) is 99.2 Å². The molecule has 0 spiro atoms. The molecule has 182 valence electrons. The molecule has 0 radical (unpaired) electrons. The van der Waals surface area contributed by atoms with Crippen LogP contribution in [0.5, 0.6) is 0 Å². The van der Waals surface area contributed by atoms with E-state index < -0.39 is 23.6 Å². The first-order valence-corrected chi connectivity index (χ1v) is 12.2. The summed E-state index contributed by atoms with van der Waals surface area (Å²) in [4.78, 5) is 38.2. The molecular formula is C24H39NO6S. The molecule has 0 saturated heterocycles. The predicted molar refractivity (Wildman–Crippen MR) is 128 cm³/mol. The number of rotatable bonds is 11. The number of anilines is 1. The molecule has 1 rings (SSSR count). The second kappa shape index (κ2) is 12.8. The highest BCUT2D eigenvalue weighted by Gasteiger charge is 2.30. The highest BCUT2D eigenvalue weighted by atomic mass is 32.1. The summed E-state index contributed by atoms with van der Waals surface area (Å²) in [5.74, 6) is -0.957. The molecular weight excluding hydrogens is 430 g/mol. The number of nitrogens with one attached hydrogen (secondary N) is 1. The Morgan fingerprint density at radius 3 is 2.25 bits per heavy atom. The lowest BCUT2D eigenvalue weighted by atomic mass is 10.1. The lowest BCUT2D eigenvalue weighted by molar-refractivity contribution is 0.00705. The van der Waals surface area contributed by atoms with Crippen molar-refractivity contribution in [2.24, 2.45) is 5.92 Å². The van der Waals surface area contributed by atoms with E-state index in [4.69, 9.17) is 14.2 Å². The van der Waals surface area contributed by atoms with Crippen LogP contribution in [0.25, 0.3) is 0 Å². The van der Waals surface area contributed by atoms with Crippen LogP contribution in [-0.4, -0.2) is 36.3 Å². The van der Waals surface area contributed by atoms with Gasteiger partial charge in [-0.15, -0.1) is 11.3 Å². The summed E-state index contributed by atoms with van der Waals surface area (Å²) in [5, 5.41) is 2.81. The lowest BCUT2D eigenvalue weighted by Gasteiger charge is -2.20. The molecule has 7 nitrogen and oxygen atoms in total. The number of ether oxygens (including phenoxy) is 3. The summed E-state index contributed by atoms with van der Waals surface area (Å²) in [6.45, 7) is 15.0. The average Bonchev–Trinajstić information content (AvgIpc) is 2.98. The Balaban J connectivity index is 3.07. The second-order valence-electron chi connectivity index (χ2n) is 9.44. The van der Waals surface area contributed by atoms with Crippen LogP contribution in [0.15, 0.2) is 0 Å². The van der Waals surface area contributed by atoms with E-state index >= 15 is 0 Å². The Bertz CT molecular complexity index is 778. The van der Waals surface area contributed by atoms with Crippen molar-refractivity contribution >= 4 is 34.4 Å². The van der Waals surface area contributed by atoms with Crippen LogP contribution in [0.3, 0.4) is 0 Å². The second-order valence-corrected chi connectivity index (χ2v) is 10.5. The molecule has 1 aromatic rings. The number of carbonyl (C=O) groups excluding carboxylic acids is 3. The fraction of sp³-hybridized carbons (Fsp3) is 0.708. The van der Waals surface area contributed by atoms with E-state index in [0.717, 1.165) is 43.4 Å². The third kappa shape index (κ3) is 9.59. The number of thiophene rings is 1. The molecule has 1 atom stereocenters. The van der Waals surface area contributed by atoms with Crippen molar-refractivity contribution in [2.75, 3.05) is 11.9 Å². The van der Waals surface area contributed by atoms with Gasteiger partial charge in [-0.1, -0.05) is 40.0 Å². The molecule has 0 saturated carbocycles. The third-order valence-corrected chi connectivity index (χ3v) is 5.66. The SMILES string of the molecule is CCCCCCC(C)OC(=O)c1sc(NC(=O)OCC(C)C)c(C(=O)OC(C)(C)C)c1C. The van der Waals surface area contributed by atoms with Gasteiger partial charge in [-0.25, -0.2) is 14.4 Å². The van der Waals surface area contributed by atoms with E-state index in [0.29, 0.717) is 5.56 Å². The minimum atomic E-state index is -0.728. The standard InChI is InChI=1S/C24H39NO6S/c1-9-10-11-12-13-16(4)30-22(27)19-17(5)18(21(26)31-24(6,7)8)20(32-19)25-23(28)29-14-15(2)3/h15-16H,9-14H2,1-8H3,(H,25,28). The third-order valence-electron chi connectivity index (χ3n) is 4.47. The summed E-state index contributed by atoms with van der Waals surface area (Å²) < 4.78 is 16.3. The molecule has 1 amide bonds. The van der Waals surface area contributed by atoms with Gasteiger partial charge in [0.1, 0.15) is 15.5 Å². The molecule has 0 aromatic carbocycles. The van der Waals surface area contributed by atoms with Gasteiger partial charge >= 0.3 is 18.0 Å². The molecule has 0 aliphatic carbocycles. The first-order chi connectivity index (χ1) is 14.9. The van der Waals surface area contributed by atoms with E-state index in [-0.39, 0.29) is 34.1 Å². The summed E-state index contributed by atoms with van der Waals surface area (Å²) in [6.07, 6.45) is 4.25. The van der Waals surface area contributed by atoms with E-state index in [1.807, 2.05) is 20.8 Å². The molecule has 1 heterocycles. The van der Waals surface area contributed by atoms with E-state index in [2.05, 4.69) is 12.2 Å². The number of unbranched alkanes of at least 4 members (excludes halogenated alkanes) is 3. The zero-order valence-electron chi connectivity index (χ0n) is 20.8. The first-order valence-electron chi connectivity index (χ1n) is 11.4. The zero-order chi connectivity index (χ0) is 24.5. The van der Waals surface area contributed by atoms with Crippen molar-refractivity contribution < 1.29 is 28.6 Å². The van der Waals surface area contributed by atoms with Crippen LogP contribution >= 0.6 is 11.3 Å². The Labute approximate surface area is 196 Å². The van der Waals surface area contributed by atoms with Gasteiger partial charge in [0.2, 0.25) is 0 Å². The van der Waals surface area contributed by atoms with Crippen LogP contribution in [-0.2, 0) is 14.2 Å². The fourth-order valence-electron chi connectivity index (χ4n) is 2.90. The van der Waals surface area contributed by atoms with E-state index in [9.17, 15) is 14.4 Å². The maximum absolute atomic E-state index is 12.9. The average molecular weight is 470 g/mol. The molecule has 0 aliphatic heterocycles.